The predicted molar refractivity (Wildman–Crippen MR) is 80.6 cm³/mol. The molecule has 1 amide bonds. The summed E-state index contributed by atoms with van der Waals surface area (Å²) in [6.07, 6.45) is 2.30. The molecule has 19 heavy (non-hydrogen) atoms. The number of hydrogen-bond donors (Lipinski definition) is 1. The Labute approximate surface area is 120 Å². The topological polar surface area (TPSA) is 46.9 Å². The number of nitrogens with zero attached hydrogens (tertiary/aromatic N) is 2. The number of unbranched alkanes of at least 4 members (excludes halogenated alkanes) is 1. The van der Waals surface area contributed by atoms with Gasteiger partial charge in [0, 0.05) is 18.3 Å². The van der Waals surface area contributed by atoms with Gasteiger partial charge in [0.1, 0.15) is 0 Å². The molecule has 4 nitrogen and oxygen atoms in total. The lowest BCUT2D eigenvalue weighted by Gasteiger charge is -2.10. The fraction of sp³-hybridized carbons (Fsp3) is 0.714. The highest BCUT2D eigenvalue weighted by Crippen LogP contribution is 2.21. The Balaban J connectivity index is 2.66. The molecule has 0 radical (unpaired) electrons. The maximum Gasteiger partial charge on any atom is 0.230 e. The highest BCUT2D eigenvalue weighted by molar-refractivity contribution is 7.99. The van der Waals surface area contributed by atoms with Gasteiger partial charge < -0.3 is 9.88 Å². The first-order valence-corrected chi connectivity index (χ1v) is 7.90. The second-order valence-corrected chi connectivity index (χ2v) is 6.02. The molecule has 0 unspecified atom stereocenters. The van der Waals surface area contributed by atoms with E-state index in [4.69, 9.17) is 0 Å². The first-order valence-electron chi connectivity index (χ1n) is 6.91. The second-order valence-electron chi connectivity index (χ2n) is 5.08. The molecule has 0 aliphatic carbocycles. The molecular formula is C14H25N3OS. The van der Waals surface area contributed by atoms with Gasteiger partial charge in [0.15, 0.2) is 5.16 Å². The highest BCUT2D eigenvalue weighted by Gasteiger charge is 2.13. The van der Waals surface area contributed by atoms with Gasteiger partial charge in [0.05, 0.1) is 11.4 Å². The lowest BCUT2D eigenvalue weighted by Crippen LogP contribution is -2.31. The summed E-state index contributed by atoms with van der Waals surface area (Å²) < 4.78 is 2.23. The van der Waals surface area contributed by atoms with Crippen LogP contribution in [0.4, 0.5) is 0 Å². The lowest BCUT2D eigenvalue weighted by molar-refractivity contribution is -0.119. The number of aryl methyl sites for hydroxylation is 1. The smallest absolute Gasteiger partial charge is 0.230 e. The number of hydrogen-bond acceptors (Lipinski definition) is 3. The standard InChI is InChI=1S/C14H25N3OS/c1-6-7-8-17-12(5)11(4)16-14(17)19-9-13(18)15-10(2)3/h10H,6-9H2,1-5H3,(H,15,18). The molecule has 1 heterocycles. The number of amides is 1. The van der Waals surface area contributed by atoms with Crippen molar-refractivity contribution in [1.82, 2.24) is 14.9 Å². The first kappa shape index (κ1) is 16.1. The van der Waals surface area contributed by atoms with E-state index in [2.05, 4.69) is 28.7 Å². The largest absolute Gasteiger partial charge is 0.353 e. The summed E-state index contributed by atoms with van der Waals surface area (Å²) in [7, 11) is 0. The summed E-state index contributed by atoms with van der Waals surface area (Å²) in [5.41, 5.74) is 2.27. The number of rotatable bonds is 7. The number of carbonyl (C=O) groups is 1. The highest BCUT2D eigenvalue weighted by atomic mass is 32.2. The molecule has 108 valence electrons. The number of nitrogens with one attached hydrogen (secondary N) is 1. The minimum absolute atomic E-state index is 0.0698. The van der Waals surface area contributed by atoms with Gasteiger partial charge in [-0.05, 0) is 34.1 Å². The Morgan fingerprint density at radius 1 is 1.42 bits per heavy atom. The van der Waals surface area contributed by atoms with Gasteiger partial charge in [-0.1, -0.05) is 25.1 Å². The van der Waals surface area contributed by atoms with Crippen LogP contribution >= 0.6 is 11.8 Å². The molecule has 1 N–H and O–H groups in total. The molecule has 0 aromatic carbocycles. The molecule has 1 aromatic heterocycles. The van der Waals surface area contributed by atoms with E-state index in [0.29, 0.717) is 5.75 Å². The van der Waals surface area contributed by atoms with Crippen LogP contribution in [0, 0.1) is 13.8 Å². The van der Waals surface area contributed by atoms with E-state index in [1.807, 2.05) is 20.8 Å². The zero-order valence-electron chi connectivity index (χ0n) is 12.6. The van der Waals surface area contributed by atoms with Crippen molar-refractivity contribution in [2.45, 2.75) is 65.2 Å². The third-order valence-electron chi connectivity index (χ3n) is 2.94. The second kappa shape index (κ2) is 7.58. The van der Waals surface area contributed by atoms with Gasteiger partial charge in [-0.2, -0.15) is 0 Å². The van der Waals surface area contributed by atoms with Gasteiger partial charge in [0.2, 0.25) is 5.91 Å². The monoisotopic (exact) mass is 283 g/mol. The lowest BCUT2D eigenvalue weighted by atomic mass is 10.3. The van der Waals surface area contributed by atoms with E-state index in [0.717, 1.165) is 30.2 Å². The summed E-state index contributed by atoms with van der Waals surface area (Å²) in [4.78, 5) is 16.2. The molecule has 0 spiro atoms. The Morgan fingerprint density at radius 3 is 2.68 bits per heavy atom. The molecule has 0 aliphatic rings. The molecule has 0 fully saturated rings. The normalized spacial score (nSPS) is 11.1. The van der Waals surface area contributed by atoms with Crippen LogP contribution < -0.4 is 5.32 Å². The molecule has 1 rings (SSSR count). The molecule has 0 aliphatic heterocycles. The fourth-order valence-electron chi connectivity index (χ4n) is 1.81. The molecular weight excluding hydrogens is 258 g/mol. The van der Waals surface area contributed by atoms with Crippen molar-refractivity contribution in [2.75, 3.05) is 5.75 Å². The van der Waals surface area contributed by atoms with Crippen LogP contribution in [0.25, 0.3) is 0 Å². The summed E-state index contributed by atoms with van der Waals surface area (Å²) >= 11 is 1.52. The Bertz CT molecular complexity index is 427. The zero-order chi connectivity index (χ0) is 14.4. The number of imidazole rings is 1. The number of carbonyl (C=O) groups excluding carboxylic acids is 1. The van der Waals surface area contributed by atoms with Crippen molar-refractivity contribution >= 4 is 17.7 Å². The van der Waals surface area contributed by atoms with Crippen molar-refractivity contribution in [3.63, 3.8) is 0 Å². The summed E-state index contributed by atoms with van der Waals surface area (Å²) in [6.45, 7) is 11.2. The Morgan fingerprint density at radius 2 is 2.11 bits per heavy atom. The van der Waals surface area contributed by atoms with E-state index >= 15 is 0 Å². The minimum atomic E-state index is 0.0698. The van der Waals surface area contributed by atoms with Gasteiger partial charge in [-0.25, -0.2) is 4.98 Å². The van der Waals surface area contributed by atoms with Crippen molar-refractivity contribution in [2.24, 2.45) is 0 Å². The van der Waals surface area contributed by atoms with E-state index in [1.54, 1.807) is 0 Å². The van der Waals surface area contributed by atoms with E-state index < -0.39 is 0 Å². The predicted octanol–water partition coefficient (Wildman–Crippen LogP) is 2.92. The van der Waals surface area contributed by atoms with Crippen LogP contribution in [0.5, 0.6) is 0 Å². The van der Waals surface area contributed by atoms with Crippen molar-refractivity contribution in [1.29, 1.82) is 0 Å². The first-order chi connectivity index (χ1) is 8.95. The molecule has 1 aromatic rings. The van der Waals surface area contributed by atoms with Gasteiger partial charge in [0.25, 0.3) is 0 Å². The van der Waals surface area contributed by atoms with Crippen LogP contribution in [0.2, 0.25) is 0 Å². The summed E-state index contributed by atoms with van der Waals surface area (Å²) in [6, 6.07) is 0.191. The van der Waals surface area contributed by atoms with Crippen molar-refractivity contribution in [3.05, 3.63) is 11.4 Å². The van der Waals surface area contributed by atoms with Crippen LogP contribution in [0.15, 0.2) is 5.16 Å². The quantitative estimate of drug-likeness (QED) is 0.783. The molecule has 0 atom stereocenters. The van der Waals surface area contributed by atoms with E-state index in [9.17, 15) is 4.79 Å². The maximum atomic E-state index is 11.7. The maximum absolute atomic E-state index is 11.7. The average Bonchev–Trinajstić information content (AvgIpc) is 2.59. The molecule has 0 bridgehead atoms. The van der Waals surface area contributed by atoms with Crippen LogP contribution in [0.3, 0.4) is 0 Å². The molecule has 0 saturated carbocycles. The Hall–Kier alpha value is -0.970. The van der Waals surface area contributed by atoms with Crippen LogP contribution in [-0.2, 0) is 11.3 Å². The minimum Gasteiger partial charge on any atom is -0.353 e. The molecule has 5 heteroatoms. The zero-order valence-corrected chi connectivity index (χ0v) is 13.4. The average molecular weight is 283 g/mol. The number of thioether (sulfide) groups is 1. The van der Waals surface area contributed by atoms with Crippen molar-refractivity contribution < 1.29 is 4.79 Å². The van der Waals surface area contributed by atoms with Crippen LogP contribution in [0.1, 0.15) is 45.0 Å². The summed E-state index contributed by atoms with van der Waals surface area (Å²) in [5.74, 6) is 0.501. The fourth-order valence-corrected chi connectivity index (χ4v) is 2.74. The van der Waals surface area contributed by atoms with Gasteiger partial charge in [-0.15, -0.1) is 0 Å². The van der Waals surface area contributed by atoms with E-state index in [1.165, 1.54) is 17.5 Å². The Kier molecular flexibility index (Phi) is 6.42. The van der Waals surface area contributed by atoms with Gasteiger partial charge in [-0.3, -0.25) is 4.79 Å². The molecule has 0 saturated heterocycles. The van der Waals surface area contributed by atoms with Crippen LogP contribution in [-0.4, -0.2) is 27.3 Å². The SMILES string of the molecule is CCCCn1c(SCC(=O)NC(C)C)nc(C)c1C. The number of aromatic nitrogens is 2. The summed E-state index contributed by atoms with van der Waals surface area (Å²) in [5, 5.41) is 3.86. The third-order valence-corrected chi connectivity index (χ3v) is 3.92. The van der Waals surface area contributed by atoms with E-state index in [-0.39, 0.29) is 11.9 Å². The third kappa shape index (κ3) is 4.90. The van der Waals surface area contributed by atoms with Crippen molar-refractivity contribution in [3.8, 4) is 0 Å². The van der Waals surface area contributed by atoms with Gasteiger partial charge >= 0.3 is 0 Å².